The zero-order valence-electron chi connectivity index (χ0n) is 20.0. The fourth-order valence-corrected chi connectivity index (χ4v) is 5.27. The number of benzene rings is 1. The van der Waals surface area contributed by atoms with Crippen molar-refractivity contribution in [3.63, 3.8) is 0 Å². The van der Waals surface area contributed by atoms with Crippen LogP contribution >= 0.6 is 0 Å². The van der Waals surface area contributed by atoms with Crippen LogP contribution in [0.1, 0.15) is 50.0 Å². The Balaban J connectivity index is 1.62. The number of halogens is 2. The molecule has 2 aliphatic heterocycles. The molecule has 0 radical (unpaired) electrons. The van der Waals surface area contributed by atoms with Crippen molar-refractivity contribution in [2.45, 2.75) is 51.6 Å². The lowest BCUT2D eigenvalue weighted by Gasteiger charge is -2.34. The number of likely N-dealkylation sites (N-methyl/N-ethyl adjacent to an activating group) is 1. The largest absolute Gasteiger partial charge is 0.356 e. The van der Waals surface area contributed by atoms with Crippen LogP contribution in [0.3, 0.4) is 0 Å². The van der Waals surface area contributed by atoms with E-state index >= 15 is 0 Å². The summed E-state index contributed by atoms with van der Waals surface area (Å²) in [5, 5.41) is 12.7. The minimum atomic E-state index is -0.895. The molecule has 0 aliphatic carbocycles. The lowest BCUT2D eigenvalue weighted by Crippen LogP contribution is -2.52. The van der Waals surface area contributed by atoms with Gasteiger partial charge in [0.2, 0.25) is 11.8 Å². The molecule has 0 saturated carbocycles. The highest BCUT2D eigenvalue weighted by Crippen LogP contribution is 2.41. The van der Waals surface area contributed by atoms with E-state index in [-0.39, 0.29) is 41.4 Å². The summed E-state index contributed by atoms with van der Waals surface area (Å²) >= 11 is 0. The molecule has 2 aromatic rings. The van der Waals surface area contributed by atoms with Crippen molar-refractivity contribution in [3.8, 4) is 6.07 Å². The summed E-state index contributed by atoms with van der Waals surface area (Å²) in [5.41, 5.74) is -0.631. The van der Waals surface area contributed by atoms with Crippen LogP contribution in [0.5, 0.6) is 0 Å². The van der Waals surface area contributed by atoms with E-state index in [2.05, 4.69) is 16.4 Å². The van der Waals surface area contributed by atoms with Gasteiger partial charge in [0.1, 0.15) is 29.4 Å². The van der Waals surface area contributed by atoms with Gasteiger partial charge in [-0.2, -0.15) is 5.26 Å². The first-order chi connectivity index (χ1) is 16.6. The summed E-state index contributed by atoms with van der Waals surface area (Å²) in [4.78, 5) is 45.2. The number of hydrogen-bond donors (Lipinski definition) is 2. The molecule has 2 N–H and O–H groups in total. The van der Waals surface area contributed by atoms with Gasteiger partial charge in [-0.1, -0.05) is 13.8 Å². The Hall–Kier alpha value is -3.48. The lowest BCUT2D eigenvalue weighted by atomic mass is 9.78. The van der Waals surface area contributed by atoms with Crippen LogP contribution in [0.25, 0.3) is 10.9 Å². The van der Waals surface area contributed by atoms with Gasteiger partial charge >= 0.3 is 0 Å². The monoisotopic (exact) mass is 485 g/mol. The predicted molar refractivity (Wildman–Crippen MR) is 124 cm³/mol. The number of nitrogens with one attached hydrogen (secondary N) is 2. The Bertz CT molecular complexity index is 1220. The van der Waals surface area contributed by atoms with E-state index in [1.54, 1.807) is 0 Å². The molecule has 35 heavy (non-hydrogen) atoms. The number of carbonyl (C=O) groups excluding carboxylic acids is 3. The number of nitriles is 1. The number of nitrogens with zero attached hydrogens (tertiary/aromatic N) is 3. The molecule has 10 heteroatoms. The number of carbonyl (C=O) groups is 3. The van der Waals surface area contributed by atoms with Crippen molar-refractivity contribution in [1.82, 2.24) is 20.1 Å². The van der Waals surface area contributed by atoms with Gasteiger partial charge in [0, 0.05) is 31.6 Å². The van der Waals surface area contributed by atoms with E-state index in [9.17, 15) is 28.4 Å². The van der Waals surface area contributed by atoms with Crippen LogP contribution in [0.2, 0.25) is 0 Å². The number of piperidine rings is 1. The molecule has 1 spiro atoms. The highest BCUT2D eigenvalue weighted by molar-refractivity contribution is 6.00. The minimum absolute atomic E-state index is 0.0231. The second-order valence-electron chi connectivity index (χ2n) is 10.0. The Labute approximate surface area is 202 Å². The standard InChI is InChI=1S/C25H29F2N5O3/c1-14(2)7-21(23(34)32-13-25(11-16(32)12-28)5-4-6-29-24(25)35)31(3)22(33)20-10-17-18(27)8-15(26)9-19(17)30-20/h8-10,14,16,21,30H,4-7,11,13H2,1-3H3,(H,29,35)/t16-,21?,25-/m0/s1. The van der Waals surface area contributed by atoms with E-state index in [1.165, 1.54) is 22.9 Å². The van der Waals surface area contributed by atoms with Crippen LogP contribution in [0, 0.1) is 34.3 Å². The molecule has 1 aromatic carbocycles. The van der Waals surface area contributed by atoms with Gasteiger partial charge in [-0.3, -0.25) is 14.4 Å². The maximum Gasteiger partial charge on any atom is 0.270 e. The average Bonchev–Trinajstić information content (AvgIpc) is 3.40. The van der Waals surface area contributed by atoms with Crippen LogP contribution in [-0.2, 0) is 9.59 Å². The average molecular weight is 486 g/mol. The van der Waals surface area contributed by atoms with Gasteiger partial charge in [-0.15, -0.1) is 0 Å². The highest BCUT2D eigenvalue weighted by atomic mass is 19.1. The molecule has 2 saturated heterocycles. The third-order valence-corrected chi connectivity index (χ3v) is 7.12. The Morgan fingerprint density at radius 1 is 1.31 bits per heavy atom. The smallest absolute Gasteiger partial charge is 0.270 e. The lowest BCUT2D eigenvalue weighted by molar-refractivity contribution is -0.138. The molecule has 186 valence electrons. The summed E-state index contributed by atoms with van der Waals surface area (Å²) in [5.74, 6) is -2.62. The fraction of sp³-hybridized carbons (Fsp3) is 0.520. The summed E-state index contributed by atoms with van der Waals surface area (Å²) in [6.45, 7) is 4.54. The molecule has 8 nitrogen and oxygen atoms in total. The summed E-state index contributed by atoms with van der Waals surface area (Å²) < 4.78 is 27.8. The van der Waals surface area contributed by atoms with Crippen LogP contribution in [0.4, 0.5) is 8.78 Å². The van der Waals surface area contributed by atoms with Crippen LogP contribution < -0.4 is 5.32 Å². The van der Waals surface area contributed by atoms with Crippen molar-refractivity contribution in [1.29, 1.82) is 5.26 Å². The van der Waals surface area contributed by atoms with Gasteiger partial charge in [0.25, 0.3) is 5.91 Å². The normalized spacial score (nSPS) is 22.9. The molecule has 3 amide bonds. The van der Waals surface area contributed by atoms with E-state index < -0.39 is 40.9 Å². The molecule has 4 rings (SSSR count). The predicted octanol–water partition coefficient (Wildman–Crippen LogP) is 2.95. The molecular formula is C25H29F2N5O3. The van der Waals surface area contributed by atoms with Crippen LogP contribution in [-0.4, -0.2) is 64.7 Å². The maximum atomic E-state index is 14.2. The minimum Gasteiger partial charge on any atom is -0.356 e. The fourth-order valence-electron chi connectivity index (χ4n) is 5.27. The molecular weight excluding hydrogens is 456 g/mol. The number of amides is 3. The summed E-state index contributed by atoms with van der Waals surface area (Å²) in [6.07, 6.45) is 1.97. The van der Waals surface area contributed by atoms with Gasteiger partial charge in [0.05, 0.1) is 17.0 Å². The SMILES string of the molecule is CC(C)CC(C(=O)N1C[C@]2(CCCNC2=O)C[C@H]1C#N)N(C)C(=O)c1cc2c(F)cc(F)cc2[nH]1. The third kappa shape index (κ3) is 4.47. The van der Waals surface area contributed by atoms with Crippen molar-refractivity contribution < 1.29 is 23.2 Å². The van der Waals surface area contributed by atoms with Gasteiger partial charge in [0.15, 0.2) is 0 Å². The van der Waals surface area contributed by atoms with E-state index in [0.717, 1.165) is 18.6 Å². The number of aromatic amines is 1. The first kappa shape index (κ1) is 24.6. The van der Waals surface area contributed by atoms with Crippen molar-refractivity contribution in [3.05, 3.63) is 35.5 Å². The molecule has 1 aromatic heterocycles. The molecule has 2 fully saturated rings. The topological polar surface area (TPSA) is 109 Å². The third-order valence-electron chi connectivity index (χ3n) is 7.12. The summed E-state index contributed by atoms with van der Waals surface area (Å²) in [7, 11) is 1.48. The first-order valence-corrected chi connectivity index (χ1v) is 11.8. The zero-order chi connectivity index (χ0) is 25.5. The second kappa shape index (κ2) is 9.29. The van der Waals surface area contributed by atoms with Gasteiger partial charge < -0.3 is 20.1 Å². The maximum absolute atomic E-state index is 14.2. The van der Waals surface area contributed by atoms with Crippen LogP contribution in [0.15, 0.2) is 18.2 Å². The van der Waals surface area contributed by atoms with E-state index in [0.29, 0.717) is 19.4 Å². The Morgan fingerprint density at radius 2 is 2.06 bits per heavy atom. The first-order valence-electron chi connectivity index (χ1n) is 11.8. The number of aromatic nitrogens is 1. The van der Waals surface area contributed by atoms with Gasteiger partial charge in [-0.25, -0.2) is 8.78 Å². The number of likely N-dealkylation sites (tertiary alicyclic amines) is 1. The zero-order valence-corrected chi connectivity index (χ0v) is 20.0. The number of hydrogen-bond acceptors (Lipinski definition) is 4. The second-order valence-corrected chi connectivity index (χ2v) is 10.0. The molecule has 1 unspecified atom stereocenters. The highest BCUT2D eigenvalue weighted by Gasteiger charge is 2.52. The van der Waals surface area contributed by atoms with Crippen molar-refractivity contribution in [2.75, 3.05) is 20.1 Å². The summed E-state index contributed by atoms with van der Waals surface area (Å²) in [6, 6.07) is 3.64. The number of rotatable bonds is 5. The Kier molecular flexibility index (Phi) is 6.54. The molecule has 2 aliphatic rings. The van der Waals surface area contributed by atoms with Crippen molar-refractivity contribution >= 4 is 28.6 Å². The van der Waals surface area contributed by atoms with E-state index in [1.807, 2.05) is 13.8 Å². The van der Waals surface area contributed by atoms with Gasteiger partial charge in [-0.05, 0) is 43.7 Å². The molecule has 0 bridgehead atoms. The van der Waals surface area contributed by atoms with Crippen molar-refractivity contribution in [2.24, 2.45) is 11.3 Å². The molecule has 3 heterocycles. The quantitative estimate of drug-likeness (QED) is 0.679. The number of fused-ring (bicyclic) bond motifs is 1. The number of H-pyrrole nitrogens is 1. The molecule has 3 atom stereocenters. The van der Waals surface area contributed by atoms with E-state index in [4.69, 9.17) is 0 Å². The Morgan fingerprint density at radius 3 is 2.71 bits per heavy atom.